The number of amides is 7. The summed E-state index contributed by atoms with van der Waals surface area (Å²) in [5.41, 5.74) is 65.7. The molecule has 75 heavy (non-hydrogen) atoms. The van der Waals surface area contributed by atoms with E-state index in [2.05, 4.69) is 79.8 Å². The second-order valence-electron chi connectivity index (χ2n) is 16.7. The largest absolute Gasteiger partial charge is 0.370 e. The highest BCUT2D eigenvalue weighted by Crippen LogP contribution is 2.11. The number of unbranched alkanes of at least 4 members (excludes halogenated alkanes) is 1. The lowest BCUT2D eigenvalue weighted by molar-refractivity contribution is -0.135. The lowest BCUT2D eigenvalue weighted by Gasteiger charge is -2.28. The number of aliphatic imine (C=N–C) groups is 6. The van der Waals surface area contributed by atoms with Crippen LogP contribution >= 0.6 is 12.6 Å². The molecule has 0 rings (SSSR count). The van der Waals surface area contributed by atoms with E-state index in [0.717, 1.165) is 0 Å². The van der Waals surface area contributed by atoms with E-state index in [1.165, 1.54) is 6.92 Å². The molecule has 0 aromatic rings. The van der Waals surface area contributed by atoms with Gasteiger partial charge in [-0.15, -0.1) is 12.6 Å². The Morgan fingerprint density at radius 1 is 0.333 bits per heavy atom. The van der Waals surface area contributed by atoms with Crippen molar-refractivity contribution in [2.24, 2.45) is 98.8 Å². The van der Waals surface area contributed by atoms with Crippen LogP contribution in [-0.4, -0.2) is 164 Å². The van der Waals surface area contributed by atoms with Crippen LogP contribution in [0, 0.1) is 0 Å². The summed E-state index contributed by atoms with van der Waals surface area (Å²) in [6.07, 6.45) is 1.21. The number of hydrogen-bond acceptors (Lipinski definition) is 14. The second-order valence-corrected chi connectivity index (χ2v) is 17.2. The van der Waals surface area contributed by atoms with Gasteiger partial charge in [0, 0.05) is 46.2 Å². The van der Waals surface area contributed by atoms with Gasteiger partial charge in [-0.1, -0.05) is 0 Å². The fourth-order valence-corrected chi connectivity index (χ4v) is 6.77. The molecule has 0 fully saturated rings. The Kier molecular flexibility index (Phi) is 34.4. The predicted molar refractivity (Wildman–Crippen MR) is 288 cm³/mol. The first kappa shape index (κ1) is 66.9. The number of rotatable bonds is 39. The Balaban J connectivity index is 7.17. The van der Waals surface area contributed by atoms with Gasteiger partial charge in [0.1, 0.15) is 36.3 Å². The monoisotopic (exact) mass is 1080 g/mol. The minimum absolute atomic E-state index is 0.00800. The zero-order valence-corrected chi connectivity index (χ0v) is 43.3. The molecule has 31 N–H and O–H groups in total. The molecule has 34 heteroatoms. The maximum absolute atomic E-state index is 14.4. The zero-order chi connectivity index (χ0) is 56.9. The van der Waals surface area contributed by atoms with Crippen LogP contribution in [0.25, 0.3) is 0 Å². The van der Waals surface area contributed by atoms with Gasteiger partial charge in [-0.2, -0.15) is 0 Å². The maximum atomic E-state index is 14.4. The number of thiol groups is 1. The summed E-state index contributed by atoms with van der Waals surface area (Å²) in [4.78, 5) is 131. The molecule has 0 bridgehead atoms. The van der Waals surface area contributed by atoms with E-state index in [0.29, 0.717) is 6.42 Å². The van der Waals surface area contributed by atoms with Crippen molar-refractivity contribution >= 4 is 94.9 Å². The number of carbonyl (C=O) groups is 8. The fourth-order valence-electron chi connectivity index (χ4n) is 6.69. The molecular formula is C41H81N25O8S. The van der Waals surface area contributed by atoms with Crippen LogP contribution < -0.4 is 106 Å². The Morgan fingerprint density at radius 2 is 0.547 bits per heavy atom. The molecule has 0 radical (unpaired) electrons. The first-order chi connectivity index (χ1) is 35.3. The predicted octanol–water partition coefficient (Wildman–Crippen LogP) is -8.80. The molecule has 0 saturated heterocycles. The molecule has 7 amide bonds. The van der Waals surface area contributed by atoms with Crippen molar-refractivity contribution in [2.45, 2.75) is 127 Å². The third-order valence-electron chi connectivity index (χ3n) is 10.2. The topological polar surface area (TPSA) is 607 Å². The highest BCUT2D eigenvalue weighted by molar-refractivity contribution is 7.96. The highest BCUT2D eigenvalue weighted by Gasteiger charge is 2.33. The van der Waals surface area contributed by atoms with E-state index in [1.807, 2.05) is 0 Å². The van der Waals surface area contributed by atoms with Gasteiger partial charge >= 0.3 is 0 Å². The van der Waals surface area contributed by atoms with Gasteiger partial charge in [-0.3, -0.25) is 68.3 Å². The molecule has 0 aromatic carbocycles. The van der Waals surface area contributed by atoms with Crippen LogP contribution in [0.2, 0.25) is 0 Å². The van der Waals surface area contributed by atoms with Crippen molar-refractivity contribution in [3.63, 3.8) is 0 Å². The fraction of sp³-hybridized carbons (Fsp3) is 0.659. The van der Waals surface area contributed by atoms with Crippen molar-refractivity contribution in [2.75, 3.05) is 45.8 Å². The van der Waals surface area contributed by atoms with Crippen molar-refractivity contribution in [3.05, 3.63) is 0 Å². The molecule has 6 atom stereocenters. The number of hydrogen-bond donors (Lipinski definition) is 20. The van der Waals surface area contributed by atoms with Crippen LogP contribution in [0.15, 0.2) is 30.0 Å². The summed E-state index contributed by atoms with van der Waals surface area (Å²) in [5.74, 6) is -6.68. The van der Waals surface area contributed by atoms with Gasteiger partial charge in [0.25, 0.3) is 0 Å². The number of carbonyl (C=O) groups excluding carboxylic acids is 8. The summed E-state index contributed by atoms with van der Waals surface area (Å²) in [6.45, 7) is 1.22. The molecule has 0 aromatic heterocycles. The molecule has 0 spiro atoms. The molecule has 424 valence electrons. The van der Waals surface area contributed by atoms with Crippen molar-refractivity contribution < 1.29 is 38.4 Å². The smallest absolute Gasteiger partial charge is 0.243 e. The molecule has 0 unspecified atom stereocenters. The summed E-state index contributed by atoms with van der Waals surface area (Å²) in [5, 5.41) is 17.5. The average Bonchev–Trinajstić information content (AvgIpc) is 3.31. The zero-order valence-electron chi connectivity index (χ0n) is 42.4. The Hall–Kier alpha value is -8.07. The first-order valence-electron chi connectivity index (χ1n) is 23.9. The molecular weight excluding hydrogens is 1000 g/mol. The van der Waals surface area contributed by atoms with Crippen molar-refractivity contribution in [1.82, 2.24) is 37.2 Å². The van der Waals surface area contributed by atoms with Crippen molar-refractivity contribution in [1.29, 1.82) is 0 Å². The van der Waals surface area contributed by atoms with Crippen LogP contribution in [0.3, 0.4) is 0 Å². The lowest BCUT2D eigenvalue weighted by atomic mass is 10.0. The van der Waals surface area contributed by atoms with Gasteiger partial charge in [0.15, 0.2) is 35.8 Å². The standard InChI is InChI=1S/C41H81N25O8S/c1-22(67)61-24(11-5-17-56-38(46)47)31(70)64-27(13-7-19-58-40(50)51)35(74)66-28(14-8-20-59-41(52)53)34(73)63-25(9-2-3-15-54-36(42)43)32(71)65-26(12-6-18-57-39(48)49)33(72)62-23(10-4-16-55-37(44)45)30(69)60-21-29(68)75/h23-28H,2-21H2,1H3,(H,60,69)(H,61,67)(H,62,72)(H,63,73)(H,64,70)(H,65,71)(H,66,74)(H,68,75)(H4,42,43,54)(H4,44,45,55)(H4,46,47,56)(H4,48,49,57)(H4,50,51,58)(H4,52,53,59)/t23-,24-,25-,26-,27-,28-/m0/s1. The third-order valence-corrected chi connectivity index (χ3v) is 10.4. The SMILES string of the molecule is CC(=O)N[C@@H](CCCN=C(N)N)C(=O)N[C@@H](CCCN=C(N)N)C(=O)N[C@@H](CCCN=C(N)N)C(=O)N[C@@H](CCCCN=C(N)N)C(=O)N[C@@H](CCCN=C(N)N)C(=O)N[C@@H](CCCN=C(N)N)C(=O)NCC(=O)S. The number of nitrogens with two attached hydrogens (primary N) is 12. The van der Waals surface area contributed by atoms with Gasteiger partial charge in [0.2, 0.25) is 46.5 Å². The normalized spacial score (nSPS) is 12.9. The third kappa shape index (κ3) is 34.9. The maximum Gasteiger partial charge on any atom is 0.243 e. The van der Waals surface area contributed by atoms with Gasteiger partial charge in [0.05, 0.1) is 6.54 Å². The Bertz CT molecular complexity index is 2030. The summed E-state index contributed by atoms with van der Waals surface area (Å²) in [7, 11) is 0. The molecule has 33 nitrogen and oxygen atoms in total. The Labute approximate surface area is 440 Å². The molecule has 0 saturated carbocycles. The molecule has 0 aliphatic rings. The molecule has 0 aliphatic carbocycles. The van der Waals surface area contributed by atoms with Gasteiger partial charge in [-0.25, -0.2) is 0 Å². The van der Waals surface area contributed by atoms with Gasteiger partial charge in [-0.05, 0) is 83.5 Å². The highest BCUT2D eigenvalue weighted by atomic mass is 32.1. The van der Waals surface area contributed by atoms with Crippen molar-refractivity contribution in [3.8, 4) is 0 Å². The molecule has 0 heterocycles. The van der Waals surface area contributed by atoms with E-state index in [1.54, 1.807) is 0 Å². The van der Waals surface area contributed by atoms with Crippen LogP contribution in [-0.2, 0) is 38.4 Å². The van der Waals surface area contributed by atoms with E-state index >= 15 is 0 Å². The van der Waals surface area contributed by atoms with Crippen LogP contribution in [0.4, 0.5) is 0 Å². The summed E-state index contributed by atoms with van der Waals surface area (Å²) >= 11 is 3.68. The lowest BCUT2D eigenvalue weighted by Crippen LogP contribution is -2.59. The minimum Gasteiger partial charge on any atom is -0.370 e. The second kappa shape index (κ2) is 38.5. The van der Waals surface area contributed by atoms with Crippen LogP contribution in [0.5, 0.6) is 0 Å². The van der Waals surface area contributed by atoms with E-state index < -0.39 is 89.3 Å². The number of nitrogens with zero attached hydrogens (tertiary/aromatic N) is 6. The van der Waals surface area contributed by atoms with E-state index in [4.69, 9.17) is 68.8 Å². The first-order valence-corrected chi connectivity index (χ1v) is 24.4. The summed E-state index contributed by atoms with van der Waals surface area (Å²) in [6, 6.07) is -7.90. The van der Waals surface area contributed by atoms with Crippen LogP contribution in [0.1, 0.15) is 90.4 Å². The summed E-state index contributed by atoms with van der Waals surface area (Å²) < 4.78 is 0. The van der Waals surface area contributed by atoms with E-state index in [-0.39, 0.29) is 152 Å². The number of nitrogens with one attached hydrogen (secondary N) is 7. The van der Waals surface area contributed by atoms with E-state index in [9.17, 15) is 38.4 Å². The quantitative estimate of drug-likeness (QED) is 0.0118. The number of guanidine groups is 6. The van der Waals surface area contributed by atoms with Gasteiger partial charge < -0.3 is 106 Å². The minimum atomic E-state index is -1.41. The molecule has 0 aliphatic heterocycles. The average molecular weight is 1080 g/mol. The Morgan fingerprint density at radius 3 is 0.773 bits per heavy atom.